The lowest BCUT2D eigenvalue weighted by Gasteiger charge is -2.37. The van der Waals surface area contributed by atoms with E-state index in [0.717, 1.165) is 23.8 Å². The van der Waals surface area contributed by atoms with E-state index in [9.17, 15) is 0 Å². The summed E-state index contributed by atoms with van der Waals surface area (Å²) in [5.74, 6) is 0. The normalized spacial score (nSPS) is 26.7. The van der Waals surface area contributed by atoms with Gasteiger partial charge in [0, 0.05) is 13.1 Å². The van der Waals surface area contributed by atoms with Crippen LogP contribution in [0.25, 0.3) is 0 Å². The van der Waals surface area contributed by atoms with Gasteiger partial charge in [0.25, 0.3) is 0 Å². The molecule has 1 aromatic carbocycles. The molecule has 1 heterocycles. The summed E-state index contributed by atoms with van der Waals surface area (Å²) >= 11 is 6.17. The number of hydrogen-bond acceptors (Lipinski definition) is 2. The van der Waals surface area contributed by atoms with E-state index in [4.69, 9.17) is 16.3 Å². The highest BCUT2D eigenvalue weighted by molar-refractivity contribution is 6.33. The Labute approximate surface area is 95.8 Å². The Bertz CT molecular complexity index is 332. The third-order valence-electron chi connectivity index (χ3n) is 2.61. The van der Waals surface area contributed by atoms with Gasteiger partial charge in [0.2, 0.25) is 0 Å². The molecule has 1 aliphatic heterocycles. The van der Waals surface area contributed by atoms with Gasteiger partial charge >= 0.3 is 0 Å². The van der Waals surface area contributed by atoms with Gasteiger partial charge in [0.15, 0.2) is 0 Å². The fourth-order valence-corrected chi connectivity index (χ4v) is 2.34. The number of rotatable bonds is 1. The zero-order chi connectivity index (χ0) is 10.8. The molecule has 2 atom stereocenters. The fraction of sp³-hybridized carbons (Fsp3) is 0.500. The first kappa shape index (κ1) is 10.8. The Morgan fingerprint density at radius 2 is 1.80 bits per heavy atom. The molecule has 1 saturated heterocycles. The van der Waals surface area contributed by atoms with Crippen molar-refractivity contribution in [2.24, 2.45) is 0 Å². The van der Waals surface area contributed by atoms with Crippen LogP contribution in [0, 0.1) is 0 Å². The number of benzene rings is 1. The quantitative estimate of drug-likeness (QED) is 0.729. The van der Waals surface area contributed by atoms with Crippen LogP contribution in [0.3, 0.4) is 0 Å². The van der Waals surface area contributed by atoms with Crippen molar-refractivity contribution >= 4 is 17.3 Å². The van der Waals surface area contributed by atoms with Crippen LogP contribution in [-0.2, 0) is 4.74 Å². The summed E-state index contributed by atoms with van der Waals surface area (Å²) in [7, 11) is 0. The van der Waals surface area contributed by atoms with Gasteiger partial charge in [0.1, 0.15) is 0 Å². The summed E-state index contributed by atoms with van der Waals surface area (Å²) in [5.41, 5.74) is 1.11. The molecular weight excluding hydrogens is 210 g/mol. The first-order valence-electron chi connectivity index (χ1n) is 5.31. The van der Waals surface area contributed by atoms with Gasteiger partial charge in [0.05, 0.1) is 22.9 Å². The van der Waals surface area contributed by atoms with Crippen molar-refractivity contribution in [3.8, 4) is 0 Å². The molecule has 0 bridgehead atoms. The van der Waals surface area contributed by atoms with Crippen LogP contribution in [0.2, 0.25) is 5.02 Å². The highest BCUT2D eigenvalue weighted by atomic mass is 35.5. The van der Waals surface area contributed by atoms with Crippen molar-refractivity contribution in [3.63, 3.8) is 0 Å². The number of ether oxygens (including phenoxy) is 1. The molecule has 0 saturated carbocycles. The highest BCUT2D eigenvalue weighted by Gasteiger charge is 2.23. The monoisotopic (exact) mass is 225 g/mol. The molecule has 0 amide bonds. The zero-order valence-corrected chi connectivity index (χ0v) is 9.87. The van der Waals surface area contributed by atoms with Gasteiger partial charge in [-0.2, -0.15) is 0 Å². The number of halogens is 1. The second-order valence-electron chi connectivity index (χ2n) is 4.11. The Hall–Kier alpha value is -0.730. The summed E-state index contributed by atoms with van der Waals surface area (Å²) < 4.78 is 5.69. The minimum atomic E-state index is 0.269. The zero-order valence-electron chi connectivity index (χ0n) is 9.11. The van der Waals surface area contributed by atoms with E-state index in [1.807, 2.05) is 18.2 Å². The molecule has 15 heavy (non-hydrogen) atoms. The van der Waals surface area contributed by atoms with Crippen LogP contribution in [0.4, 0.5) is 5.69 Å². The molecule has 2 nitrogen and oxygen atoms in total. The highest BCUT2D eigenvalue weighted by Crippen LogP contribution is 2.27. The lowest BCUT2D eigenvalue weighted by Crippen LogP contribution is -2.45. The first-order valence-corrected chi connectivity index (χ1v) is 5.69. The summed E-state index contributed by atoms with van der Waals surface area (Å²) in [6.07, 6.45) is 0.537. The van der Waals surface area contributed by atoms with Crippen LogP contribution in [0.15, 0.2) is 24.3 Å². The van der Waals surface area contributed by atoms with Crippen molar-refractivity contribution in [2.75, 3.05) is 18.0 Å². The molecule has 3 heteroatoms. The topological polar surface area (TPSA) is 12.5 Å². The maximum atomic E-state index is 6.17. The Morgan fingerprint density at radius 1 is 1.20 bits per heavy atom. The van der Waals surface area contributed by atoms with E-state index in [-0.39, 0.29) is 12.2 Å². The molecule has 0 radical (unpaired) electrons. The van der Waals surface area contributed by atoms with Gasteiger partial charge in [-0.3, -0.25) is 0 Å². The predicted octanol–water partition coefficient (Wildman–Crippen LogP) is 2.95. The maximum absolute atomic E-state index is 6.17. The smallest absolute Gasteiger partial charge is 0.0726 e. The van der Waals surface area contributed by atoms with Crippen LogP contribution in [0.1, 0.15) is 13.8 Å². The van der Waals surface area contributed by atoms with Gasteiger partial charge in [-0.25, -0.2) is 0 Å². The van der Waals surface area contributed by atoms with Crippen LogP contribution in [-0.4, -0.2) is 25.3 Å². The molecule has 1 aromatic rings. The van der Waals surface area contributed by atoms with Gasteiger partial charge in [-0.1, -0.05) is 23.7 Å². The third kappa shape index (κ3) is 2.44. The molecule has 0 aromatic heterocycles. The Morgan fingerprint density at radius 3 is 2.40 bits per heavy atom. The molecular formula is C12H16ClNO. The number of nitrogens with zero attached hydrogens (tertiary/aromatic N) is 1. The van der Waals surface area contributed by atoms with Crippen LogP contribution >= 0.6 is 11.6 Å². The van der Waals surface area contributed by atoms with E-state index in [2.05, 4.69) is 24.8 Å². The second-order valence-corrected chi connectivity index (χ2v) is 4.52. The number of hydrogen-bond donors (Lipinski definition) is 0. The average Bonchev–Trinajstić information content (AvgIpc) is 2.16. The predicted molar refractivity (Wildman–Crippen MR) is 63.7 cm³/mol. The number of anilines is 1. The van der Waals surface area contributed by atoms with Crippen LogP contribution < -0.4 is 4.90 Å². The minimum absolute atomic E-state index is 0.269. The lowest BCUT2D eigenvalue weighted by molar-refractivity contribution is -0.00520. The van der Waals surface area contributed by atoms with Crippen molar-refractivity contribution < 1.29 is 4.74 Å². The Kier molecular flexibility index (Phi) is 3.17. The number of para-hydroxylation sites is 1. The Balaban J connectivity index is 2.20. The van der Waals surface area contributed by atoms with Crippen molar-refractivity contribution in [3.05, 3.63) is 29.3 Å². The van der Waals surface area contributed by atoms with E-state index in [1.165, 1.54) is 0 Å². The summed E-state index contributed by atoms with van der Waals surface area (Å²) in [6, 6.07) is 7.97. The van der Waals surface area contributed by atoms with Gasteiger partial charge < -0.3 is 9.64 Å². The molecule has 1 fully saturated rings. The van der Waals surface area contributed by atoms with E-state index < -0.39 is 0 Å². The number of morpholine rings is 1. The maximum Gasteiger partial charge on any atom is 0.0726 e. The molecule has 2 rings (SSSR count). The lowest BCUT2D eigenvalue weighted by atomic mass is 10.2. The van der Waals surface area contributed by atoms with Crippen molar-refractivity contribution in [1.29, 1.82) is 0 Å². The van der Waals surface area contributed by atoms with E-state index >= 15 is 0 Å². The third-order valence-corrected chi connectivity index (χ3v) is 2.93. The second kappa shape index (κ2) is 4.42. The standard InChI is InChI=1S/C12H16ClNO/c1-9-7-14(8-10(2)15-9)12-6-4-3-5-11(12)13/h3-6,9-10H,7-8H2,1-2H3. The molecule has 1 aliphatic rings. The molecule has 0 spiro atoms. The molecule has 82 valence electrons. The summed E-state index contributed by atoms with van der Waals surface area (Å²) in [5, 5.41) is 0.818. The molecule has 2 unspecified atom stereocenters. The SMILES string of the molecule is CC1CN(c2ccccc2Cl)CC(C)O1. The first-order chi connectivity index (χ1) is 7.16. The van der Waals surface area contributed by atoms with Crippen molar-refractivity contribution in [1.82, 2.24) is 0 Å². The average molecular weight is 226 g/mol. The van der Waals surface area contributed by atoms with Crippen LogP contribution in [0.5, 0.6) is 0 Å². The summed E-state index contributed by atoms with van der Waals surface area (Å²) in [4.78, 5) is 2.29. The summed E-state index contributed by atoms with van der Waals surface area (Å²) in [6.45, 7) is 6.02. The minimum Gasteiger partial charge on any atom is -0.372 e. The van der Waals surface area contributed by atoms with Crippen molar-refractivity contribution in [2.45, 2.75) is 26.1 Å². The van der Waals surface area contributed by atoms with E-state index in [0.29, 0.717) is 0 Å². The largest absolute Gasteiger partial charge is 0.372 e. The molecule has 0 aliphatic carbocycles. The van der Waals surface area contributed by atoms with Gasteiger partial charge in [-0.05, 0) is 26.0 Å². The fourth-order valence-electron chi connectivity index (χ4n) is 2.08. The van der Waals surface area contributed by atoms with E-state index in [1.54, 1.807) is 0 Å². The van der Waals surface area contributed by atoms with Gasteiger partial charge in [-0.15, -0.1) is 0 Å². The molecule has 0 N–H and O–H groups in total.